The van der Waals surface area contributed by atoms with Gasteiger partial charge < -0.3 is 5.21 Å². The van der Waals surface area contributed by atoms with Crippen molar-refractivity contribution in [3.05, 3.63) is 41.1 Å². The first kappa shape index (κ1) is 10.8. The molecule has 14 heavy (non-hydrogen) atoms. The lowest BCUT2D eigenvalue weighted by atomic mass is 10.2. The Morgan fingerprint density at radius 3 is 2.64 bits per heavy atom. The summed E-state index contributed by atoms with van der Waals surface area (Å²) in [4.78, 5) is 0. The fourth-order valence-electron chi connectivity index (χ4n) is 1.27. The minimum Gasteiger partial charge on any atom is -0.624 e. The highest BCUT2D eigenvalue weighted by Crippen LogP contribution is 2.00. The van der Waals surface area contributed by atoms with Gasteiger partial charge in [-0.05, 0) is 6.42 Å². The van der Waals surface area contributed by atoms with Crippen molar-refractivity contribution in [2.75, 3.05) is 0 Å². The van der Waals surface area contributed by atoms with Crippen molar-refractivity contribution < 1.29 is 4.74 Å². The number of hydroxylamine groups is 1. The van der Waals surface area contributed by atoms with Crippen molar-refractivity contribution in [1.29, 1.82) is 0 Å². The summed E-state index contributed by atoms with van der Waals surface area (Å²) in [6.45, 7) is 2.59. The SMILES string of the molecule is CCCC/C=[N+](\[O-])Cc1ccccc1. The number of hydrogen-bond donors (Lipinski definition) is 0. The van der Waals surface area contributed by atoms with Crippen LogP contribution in [-0.2, 0) is 6.54 Å². The highest BCUT2D eigenvalue weighted by Gasteiger charge is 1.95. The van der Waals surface area contributed by atoms with Crippen molar-refractivity contribution in [2.45, 2.75) is 32.7 Å². The van der Waals surface area contributed by atoms with Crippen LogP contribution in [-0.4, -0.2) is 11.0 Å². The van der Waals surface area contributed by atoms with E-state index in [2.05, 4.69) is 6.92 Å². The normalized spacial score (nSPS) is 11.6. The molecular weight excluding hydrogens is 174 g/mol. The Morgan fingerprint density at radius 2 is 2.00 bits per heavy atom. The lowest BCUT2D eigenvalue weighted by molar-refractivity contribution is -0.471. The number of rotatable bonds is 5. The monoisotopic (exact) mass is 191 g/mol. The molecule has 2 heteroatoms. The average Bonchev–Trinajstić information content (AvgIpc) is 2.20. The van der Waals surface area contributed by atoms with Crippen LogP contribution in [0.2, 0.25) is 0 Å². The first-order valence-corrected chi connectivity index (χ1v) is 5.14. The molecule has 0 heterocycles. The molecule has 0 bridgehead atoms. The molecule has 0 amide bonds. The predicted octanol–water partition coefficient (Wildman–Crippen LogP) is 2.96. The molecular formula is C12H17NO. The Morgan fingerprint density at radius 1 is 1.29 bits per heavy atom. The van der Waals surface area contributed by atoms with Gasteiger partial charge in [0, 0.05) is 12.0 Å². The molecule has 0 aliphatic carbocycles. The van der Waals surface area contributed by atoms with Gasteiger partial charge >= 0.3 is 0 Å². The quantitative estimate of drug-likeness (QED) is 0.231. The van der Waals surface area contributed by atoms with Crippen LogP contribution < -0.4 is 0 Å². The van der Waals surface area contributed by atoms with Gasteiger partial charge in [-0.2, -0.15) is 0 Å². The first-order valence-electron chi connectivity index (χ1n) is 5.14. The molecule has 1 aromatic rings. The Balaban J connectivity index is 2.40. The average molecular weight is 191 g/mol. The third kappa shape index (κ3) is 4.08. The van der Waals surface area contributed by atoms with Crippen LogP contribution in [0.25, 0.3) is 0 Å². The highest BCUT2D eigenvalue weighted by molar-refractivity contribution is 5.51. The molecule has 0 saturated heterocycles. The molecule has 0 atom stereocenters. The van der Waals surface area contributed by atoms with E-state index in [0.29, 0.717) is 6.54 Å². The van der Waals surface area contributed by atoms with E-state index in [1.165, 1.54) is 0 Å². The summed E-state index contributed by atoms with van der Waals surface area (Å²) < 4.78 is 1.02. The number of unbranched alkanes of at least 4 members (excludes halogenated alkanes) is 2. The van der Waals surface area contributed by atoms with Crippen molar-refractivity contribution in [2.24, 2.45) is 0 Å². The Bertz CT molecular complexity index is 280. The second kappa shape index (κ2) is 6.19. The summed E-state index contributed by atoms with van der Waals surface area (Å²) in [5, 5.41) is 11.3. The van der Waals surface area contributed by atoms with Gasteiger partial charge in [-0.3, -0.25) is 0 Å². The summed E-state index contributed by atoms with van der Waals surface area (Å²) in [6, 6.07) is 9.81. The van der Waals surface area contributed by atoms with Gasteiger partial charge in [0.1, 0.15) is 0 Å². The summed E-state index contributed by atoms with van der Waals surface area (Å²) >= 11 is 0. The van der Waals surface area contributed by atoms with E-state index in [0.717, 1.165) is 29.6 Å². The van der Waals surface area contributed by atoms with Crippen LogP contribution in [0.3, 0.4) is 0 Å². The maximum absolute atomic E-state index is 11.3. The topological polar surface area (TPSA) is 26.1 Å². The molecule has 0 saturated carbocycles. The summed E-state index contributed by atoms with van der Waals surface area (Å²) in [5.74, 6) is 0. The van der Waals surface area contributed by atoms with Gasteiger partial charge in [0.25, 0.3) is 0 Å². The maximum Gasteiger partial charge on any atom is 0.178 e. The van der Waals surface area contributed by atoms with E-state index < -0.39 is 0 Å². The molecule has 0 N–H and O–H groups in total. The lowest BCUT2D eigenvalue weighted by Gasteiger charge is -2.03. The highest BCUT2D eigenvalue weighted by atomic mass is 16.5. The second-order valence-electron chi connectivity index (χ2n) is 3.39. The van der Waals surface area contributed by atoms with E-state index in [1.807, 2.05) is 30.3 Å². The fraction of sp³-hybridized carbons (Fsp3) is 0.417. The van der Waals surface area contributed by atoms with E-state index >= 15 is 0 Å². The predicted molar refractivity (Wildman–Crippen MR) is 59.4 cm³/mol. The van der Waals surface area contributed by atoms with E-state index in [-0.39, 0.29) is 0 Å². The molecule has 76 valence electrons. The van der Waals surface area contributed by atoms with Crippen LogP contribution in [0.4, 0.5) is 0 Å². The van der Waals surface area contributed by atoms with E-state index in [9.17, 15) is 5.21 Å². The first-order chi connectivity index (χ1) is 6.83. The van der Waals surface area contributed by atoms with Crippen molar-refractivity contribution in [3.63, 3.8) is 0 Å². The fourth-order valence-corrected chi connectivity index (χ4v) is 1.27. The van der Waals surface area contributed by atoms with Gasteiger partial charge in [-0.15, -0.1) is 0 Å². The van der Waals surface area contributed by atoms with Crippen molar-refractivity contribution >= 4 is 6.21 Å². The molecule has 2 nitrogen and oxygen atoms in total. The van der Waals surface area contributed by atoms with Crippen LogP contribution in [0.1, 0.15) is 31.7 Å². The Kier molecular flexibility index (Phi) is 4.76. The maximum atomic E-state index is 11.3. The molecule has 1 rings (SSSR count). The zero-order chi connectivity index (χ0) is 10.2. The minimum absolute atomic E-state index is 0.463. The molecule has 0 radical (unpaired) electrons. The minimum atomic E-state index is 0.463. The molecule has 0 aliphatic rings. The molecule has 1 aromatic carbocycles. The largest absolute Gasteiger partial charge is 0.624 e. The summed E-state index contributed by atoms with van der Waals surface area (Å²) in [7, 11) is 0. The number of nitrogens with zero attached hydrogens (tertiary/aromatic N) is 1. The van der Waals surface area contributed by atoms with Crippen molar-refractivity contribution in [1.82, 2.24) is 0 Å². The number of hydrogen-bond acceptors (Lipinski definition) is 1. The van der Waals surface area contributed by atoms with E-state index in [4.69, 9.17) is 0 Å². The molecule has 0 fully saturated rings. The van der Waals surface area contributed by atoms with Crippen LogP contribution in [0.5, 0.6) is 0 Å². The summed E-state index contributed by atoms with van der Waals surface area (Å²) in [6.07, 6.45) is 4.84. The zero-order valence-electron chi connectivity index (χ0n) is 8.65. The molecule has 0 unspecified atom stereocenters. The van der Waals surface area contributed by atoms with Gasteiger partial charge in [0.2, 0.25) is 0 Å². The van der Waals surface area contributed by atoms with Crippen LogP contribution in [0.15, 0.2) is 30.3 Å². The van der Waals surface area contributed by atoms with Crippen LogP contribution >= 0.6 is 0 Å². The van der Waals surface area contributed by atoms with E-state index in [1.54, 1.807) is 6.21 Å². The van der Waals surface area contributed by atoms with Gasteiger partial charge in [-0.25, -0.2) is 4.74 Å². The third-order valence-electron chi connectivity index (χ3n) is 2.07. The van der Waals surface area contributed by atoms with Gasteiger partial charge in [-0.1, -0.05) is 43.7 Å². The smallest absolute Gasteiger partial charge is 0.178 e. The Labute approximate surface area is 85.5 Å². The van der Waals surface area contributed by atoms with Gasteiger partial charge in [0.05, 0.1) is 0 Å². The summed E-state index contributed by atoms with van der Waals surface area (Å²) in [5.41, 5.74) is 1.07. The van der Waals surface area contributed by atoms with Crippen LogP contribution in [0, 0.1) is 5.21 Å². The van der Waals surface area contributed by atoms with Gasteiger partial charge in [0.15, 0.2) is 12.8 Å². The number of benzene rings is 1. The lowest BCUT2D eigenvalue weighted by Crippen LogP contribution is -2.04. The third-order valence-corrected chi connectivity index (χ3v) is 2.07. The molecule has 0 spiro atoms. The Hall–Kier alpha value is -1.31. The standard InChI is InChI=1S/C12H17NO/c1-2-3-7-10-13(14)11-12-8-5-4-6-9-12/h4-6,8-10H,2-3,7,11H2,1H3/b13-10-. The zero-order valence-corrected chi connectivity index (χ0v) is 8.65. The molecule has 0 aliphatic heterocycles. The van der Waals surface area contributed by atoms with Crippen molar-refractivity contribution in [3.8, 4) is 0 Å². The molecule has 0 aromatic heterocycles. The second-order valence-corrected chi connectivity index (χ2v) is 3.39.